The van der Waals surface area contributed by atoms with Crippen molar-refractivity contribution >= 4 is 10.9 Å². The third-order valence-electron chi connectivity index (χ3n) is 2.22. The van der Waals surface area contributed by atoms with E-state index in [1.165, 1.54) is 0 Å². The van der Waals surface area contributed by atoms with Gasteiger partial charge in [0.1, 0.15) is 5.75 Å². The molecule has 0 saturated heterocycles. The first-order valence-electron chi connectivity index (χ1n) is 4.21. The Hall–Kier alpha value is -1.57. The highest BCUT2D eigenvalue weighted by molar-refractivity contribution is 5.83. The molecular formula is C11H11NO. The van der Waals surface area contributed by atoms with Crippen molar-refractivity contribution in [1.82, 2.24) is 4.98 Å². The molecule has 0 aliphatic carbocycles. The normalized spacial score (nSPS) is 10.3. The summed E-state index contributed by atoms with van der Waals surface area (Å²) in [6.07, 6.45) is 1.80. The lowest BCUT2D eigenvalue weighted by Crippen LogP contribution is -1.88. The van der Waals surface area contributed by atoms with E-state index in [2.05, 4.69) is 11.1 Å². The zero-order valence-corrected chi connectivity index (χ0v) is 7.74. The van der Waals surface area contributed by atoms with Gasteiger partial charge in [0.2, 0.25) is 0 Å². The quantitative estimate of drug-likeness (QED) is 0.661. The third-order valence-corrected chi connectivity index (χ3v) is 2.22. The van der Waals surface area contributed by atoms with Gasteiger partial charge in [0, 0.05) is 17.1 Å². The molecule has 2 aromatic rings. The molecule has 0 saturated carbocycles. The number of rotatable bonds is 1. The molecule has 1 aromatic heterocycles. The summed E-state index contributed by atoms with van der Waals surface area (Å²) in [7, 11) is 1.69. The molecule has 13 heavy (non-hydrogen) atoms. The minimum Gasteiger partial charge on any atom is -0.496 e. The van der Waals surface area contributed by atoms with Gasteiger partial charge < -0.3 is 4.74 Å². The van der Waals surface area contributed by atoms with Crippen LogP contribution >= 0.6 is 0 Å². The van der Waals surface area contributed by atoms with Gasteiger partial charge in [-0.2, -0.15) is 0 Å². The van der Waals surface area contributed by atoms with Gasteiger partial charge in [-0.05, 0) is 25.1 Å². The molecule has 0 N–H and O–H groups in total. The Balaban J connectivity index is 2.79. The maximum absolute atomic E-state index is 5.23. The molecule has 0 radical (unpaired) electrons. The van der Waals surface area contributed by atoms with Crippen molar-refractivity contribution in [2.75, 3.05) is 7.11 Å². The highest BCUT2D eigenvalue weighted by atomic mass is 16.5. The summed E-state index contributed by atoms with van der Waals surface area (Å²) < 4.78 is 5.23. The number of nitrogens with zero attached hydrogens (tertiary/aromatic N) is 1. The molecule has 0 amide bonds. The minimum absolute atomic E-state index is 0.917. The Bertz CT molecular complexity index is 437. The van der Waals surface area contributed by atoms with Crippen molar-refractivity contribution in [3.8, 4) is 5.75 Å². The van der Waals surface area contributed by atoms with Gasteiger partial charge >= 0.3 is 0 Å². The first kappa shape index (κ1) is 8.05. The molecule has 66 valence electrons. The second-order valence-corrected chi connectivity index (χ2v) is 2.96. The fraction of sp³-hybridized carbons (Fsp3) is 0.182. The van der Waals surface area contributed by atoms with E-state index in [1.807, 2.05) is 25.1 Å². The van der Waals surface area contributed by atoms with Crippen molar-refractivity contribution < 1.29 is 4.74 Å². The zero-order chi connectivity index (χ0) is 9.26. The molecule has 2 nitrogen and oxygen atoms in total. The van der Waals surface area contributed by atoms with Crippen molar-refractivity contribution in [3.05, 3.63) is 36.0 Å². The molecule has 0 unspecified atom stereocenters. The van der Waals surface area contributed by atoms with Crippen LogP contribution in [0.2, 0.25) is 0 Å². The van der Waals surface area contributed by atoms with Crippen LogP contribution in [-0.2, 0) is 0 Å². The largest absolute Gasteiger partial charge is 0.496 e. The van der Waals surface area contributed by atoms with Crippen LogP contribution in [0.4, 0.5) is 0 Å². The Morgan fingerprint density at radius 2 is 2.08 bits per heavy atom. The molecule has 0 fully saturated rings. The predicted molar refractivity (Wildman–Crippen MR) is 53.0 cm³/mol. The van der Waals surface area contributed by atoms with E-state index >= 15 is 0 Å². The van der Waals surface area contributed by atoms with E-state index in [4.69, 9.17) is 4.74 Å². The SMILES string of the molecule is COc1ccc2ncccc2c1C. The number of ether oxygens (including phenoxy) is 1. The first-order valence-corrected chi connectivity index (χ1v) is 4.21. The second kappa shape index (κ2) is 3.05. The van der Waals surface area contributed by atoms with Gasteiger partial charge in [0.05, 0.1) is 12.6 Å². The number of benzene rings is 1. The Morgan fingerprint density at radius 1 is 1.23 bits per heavy atom. The number of methoxy groups -OCH3 is 1. The van der Waals surface area contributed by atoms with Gasteiger partial charge in [-0.15, -0.1) is 0 Å². The van der Waals surface area contributed by atoms with E-state index in [0.717, 1.165) is 22.2 Å². The average molecular weight is 173 g/mol. The molecular weight excluding hydrogens is 162 g/mol. The van der Waals surface area contributed by atoms with Crippen LogP contribution in [0.25, 0.3) is 10.9 Å². The van der Waals surface area contributed by atoms with Crippen LogP contribution in [0.1, 0.15) is 5.56 Å². The molecule has 0 aliphatic heterocycles. The lowest BCUT2D eigenvalue weighted by molar-refractivity contribution is 0.412. The zero-order valence-electron chi connectivity index (χ0n) is 7.74. The van der Waals surface area contributed by atoms with Crippen LogP contribution < -0.4 is 4.74 Å². The number of aromatic nitrogens is 1. The third kappa shape index (κ3) is 1.24. The molecule has 0 aliphatic rings. The summed E-state index contributed by atoms with van der Waals surface area (Å²) in [5.41, 5.74) is 2.16. The first-order chi connectivity index (χ1) is 6.33. The lowest BCUT2D eigenvalue weighted by Gasteiger charge is -2.06. The Kier molecular flexibility index (Phi) is 1.89. The minimum atomic E-state index is 0.917. The summed E-state index contributed by atoms with van der Waals surface area (Å²) in [5, 5.41) is 1.15. The fourth-order valence-electron chi connectivity index (χ4n) is 1.50. The summed E-state index contributed by atoms with van der Waals surface area (Å²) in [5.74, 6) is 0.917. The topological polar surface area (TPSA) is 22.1 Å². The molecule has 1 aromatic carbocycles. The summed E-state index contributed by atoms with van der Waals surface area (Å²) in [6, 6.07) is 7.92. The van der Waals surface area contributed by atoms with Gasteiger partial charge in [-0.3, -0.25) is 4.98 Å². The standard InChI is InChI=1S/C11H11NO/c1-8-9-4-3-7-12-10(9)5-6-11(8)13-2/h3-7H,1-2H3. The number of hydrogen-bond donors (Lipinski definition) is 0. The van der Waals surface area contributed by atoms with Crippen LogP contribution in [0.15, 0.2) is 30.5 Å². The number of aryl methyl sites for hydroxylation is 1. The Labute approximate surface area is 77.2 Å². The molecule has 1 heterocycles. The highest BCUT2D eigenvalue weighted by Gasteiger charge is 2.02. The van der Waals surface area contributed by atoms with Crippen molar-refractivity contribution in [2.45, 2.75) is 6.92 Å². The van der Waals surface area contributed by atoms with E-state index in [-0.39, 0.29) is 0 Å². The van der Waals surface area contributed by atoms with E-state index < -0.39 is 0 Å². The van der Waals surface area contributed by atoms with E-state index in [9.17, 15) is 0 Å². The van der Waals surface area contributed by atoms with Crippen molar-refractivity contribution in [3.63, 3.8) is 0 Å². The van der Waals surface area contributed by atoms with Crippen molar-refractivity contribution in [2.24, 2.45) is 0 Å². The smallest absolute Gasteiger partial charge is 0.122 e. The molecule has 0 atom stereocenters. The van der Waals surface area contributed by atoms with Crippen LogP contribution in [0.5, 0.6) is 5.75 Å². The monoisotopic (exact) mass is 173 g/mol. The van der Waals surface area contributed by atoms with Gasteiger partial charge in [0.25, 0.3) is 0 Å². The van der Waals surface area contributed by atoms with Gasteiger partial charge in [-0.25, -0.2) is 0 Å². The highest BCUT2D eigenvalue weighted by Crippen LogP contribution is 2.25. The maximum atomic E-state index is 5.23. The summed E-state index contributed by atoms with van der Waals surface area (Å²) in [6.45, 7) is 2.04. The molecule has 0 bridgehead atoms. The molecule has 2 rings (SSSR count). The van der Waals surface area contributed by atoms with Gasteiger partial charge in [-0.1, -0.05) is 6.07 Å². The van der Waals surface area contributed by atoms with Crippen LogP contribution in [-0.4, -0.2) is 12.1 Å². The predicted octanol–water partition coefficient (Wildman–Crippen LogP) is 2.55. The second-order valence-electron chi connectivity index (χ2n) is 2.96. The van der Waals surface area contributed by atoms with E-state index in [0.29, 0.717) is 0 Å². The summed E-state index contributed by atoms with van der Waals surface area (Å²) in [4.78, 5) is 4.26. The molecule has 2 heteroatoms. The summed E-state index contributed by atoms with van der Waals surface area (Å²) >= 11 is 0. The number of pyridine rings is 1. The van der Waals surface area contributed by atoms with Crippen LogP contribution in [0.3, 0.4) is 0 Å². The maximum Gasteiger partial charge on any atom is 0.122 e. The van der Waals surface area contributed by atoms with E-state index in [1.54, 1.807) is 13.3 Å². The number of fused-ring (bicyclic) bond motifs is 1. The van der Waals surface area contributed by atoms with Crippen molar-refractivity contribution in [1.29, 1.82) is 0 Å². The Morgan fingerprint density at radius 3 is 2.85 bits per heavy atom. The van der Waals surface area contributed by atoms with Crippen LogP contribution in [0, 0.1) is 6.92 Å². The fourth-order valence-corrected chi connectivity index (χ4v) is 1.50. The van der Waals surface area contributed by atoms with Gasteiger partial charge in [0.15, 0.2) is 0 Å². The molecule has 0 spiro atoms. The lowest BCUT2D eigenvalue weighted by atomic mass is 10.1. The number of hydrogen-bond acceptors (Lipinski definition) is 2. The average Bonchev–Trinajstić information content (AvgIpc) is 2.19.